The van der Waals surface area contributed by atoms with E-state index in [4.69, 9.17) is 4.74 Å². The van der Waals surface area contributed by atoms with Crippen LogP contribution in [0.15, 0.2) is 5.03 Å². The van der Waals surface area contributed by atoms with E-state index in [0.29, 0.717) is 33.5 Å². The van der Waals surface area contributed by atoms with Crippen LogP contribution in [0.4, 0.5) is 5.00 Å². The normalized spacial score (nSPS) is 13.1. The average Bonchev–Trinajstić information content (AvgIpc) is 2.92. The van der Waals surface area contributed by atoms with Crippen LogP contribution in [0.1, 0.15) is 75.8 Å². The van der Waals surface area contributed by atoms with Gasteiger partial charge in [0.2, 0.25) is 5.91 Å². The first-order valence-corrected chi connectivity index (χ1v) is 12.8. The maximum atomic E-state index is 12.7. The summed E-state index contributed by atoms with van der Waals surface area (Å²) in [5.41, 5.74) is 5.01. The summed E-state index contributed by atoms with van der Waals surface area (Å²) in [6.45, 7) is 7.91. The summed E-state index contributed by atoms with van der Waals surface area (Å²) < 4.78 is 5.29. The molecule has 0 atom stereocenters. The molecule has 0 spiro atoms. The quantitative estimate of drug-likeness (QED) is 0.325. The number of aromatic nitrogens is 1. The Bertz CT molecular complexity index is 1070. The van der Waals surface area contributed by atoms with E-state index in [1.165, 1.54) is 28.0 Å². The van der Waals surface area contributed by atoms with Crippen molar-refractivity contribution < 1.29 is 14.3 Å². The maximum Gasteiger partial charge on any atom is 0.341 e. The number of nitrogens with one attached hydrogen (secondary N) is 1. The van der Waals surface area contributed by atoms with Crippen LogP contribution in [0.5, 0.6) is 0 Å². The average molecular weight is 472 g/mol. The second-order valence-electron chi connectivity index (χ2n) is 7.87. The number of amides is 1. The Morgan fingerprint density at radius 2 is 1.94 bits per heavy atom. The monoisotopic (exact) mass is 471 g/mol. The molecule has 3 rings (SSSR count). The van der Waals surface area contributed by atoms with Gasteiger partial charge in [-0.2, -0.15) is 5.26 Å². The molecule has 1 amide bonds. The molecule has 0 bridgehead atoms. The summed E-state index contributed by atoms with van der Waals surface area (Å²) in [5, 5.41) is 13.7. The number of nitrogens with zero attached hydrogens (tertiary/aromatic N) is 2. The van der Waals surface area contributed by atoms with E-state index in [9.17, 15) is 14.9 Å². The van der Waals surface area contributed by atoms with Crippen LogP contribution in [0.2, 0.25) is 0 Å². The van der Waals surface area contributed by atoms with Gasteiger partial charge in [0, 0.05) is 22.7 Å². The third kappa shape index (κ3) is 5.33. The van der Waals surface area contributed by atoms with Gasteiger partial charge in [-0.05, 0) is 70.1 Å². The maximum absolute atomic E-state index is 12.7. The molecule has 0 fully saturated rings. The Morgan fingerprint density at radius 3 is 2.66 bits per heavy atom. The zero-order valence-corrected chi connectivity index (χ0v) is 20.7. The van der Waals surface area contributed by atoms with Crippen molar-refractivity contribution in [2.24, 2.45) is 0 Å². The molecule has 0 aliphatic heterocycles. The van der Waals surface area contributed by atoms with Crippen LogP contribution in [0.3, 0.4) is 0 Å². The number of fused-ring (bicyclic) bond motifs is 1. The molecular formula is C24H29N3O3S2. The highest BCUT2D eigenvalue weighted by atomic mass is 32.2. The number of thioether (sulfide) groups is 1. The Morgan fingerprint density at radius 1 is 1.19 bits per heavy atom. The lowest BCUT2D eigenvalue weighted by atomic mass is 10.1. The molecule has 0 radical (unpaired) electrons. The molecule has 2 aromatic rings. The number of carbonyl (C=O) groups excluding carboxylic acids is 2. The zero-order valence-electron chi connectivity index (χ0n) is 19.1. The van der Waals surface area contributed by atoms with Crippen LogP contribution in [0.25, 0.3) is 0 Å². The van der Waals surface area contributed by atoms with Crippen LogP contribution in [-0.2, 0) is 22.4 Å². The predicted molar refractivity (Wildman–Crippen MR) is 129 cm³/mol. The van der Waals surface area contributed by atoms with Crippen molar-refractivity contribution in [3.05, 3.63) is 38.4 Å². The van der Waals surface area contributed by atoms with Crippen LogP contribution in [0, 0.1) is 32.1 Å². The van der Waals surface area contributed by atoms with Gasteiger partial charge in [0.05, 0.1) is 17.7 Å². The molecule has 8 heteroatoms. The molecule has 6 nitrogen and oxygen atoms in total. The molecule has 1 N–H and O–H groups in total. The smallest absolute Gasteiger partial charge is 0.341 e. The van der Waals surface area contributed by atoms with E-state index in [0.717, 1.165) is 54.5 Å². The Balaban J connectivity index is 1.71. The van der Waals surface area contributed by atoms with Gasteiger partial charge >= 0.3 is 5.97 Å². The predicted octanol–water partition coefficient (Wildman–Crippen LogP) is 5.51. The van der Waals surface area contributed by atoms with E-state index in [1.807, 2.05) is 20.8 Å². The molecule has 0 aromatic carbocycles. The van der Waals surface area contributed by atoms with Gasteiger partial charge in [-0.25, -0.2) is 9.78 Å². The van der Waals surface area contributed by atoms with Crippen LogP contribution >= 0.6 is 23.1 Å². The zero-order chi connectivity index (χ0) is 23.3. The Hall–Kier alpha value is -2.37. The summed E-state index contributed by atoms with van der Waals surface area (Å²) in [6, 6.07) is 2.24. The Kier molecular flexibility index (Phi) is 8.32. The van der Waals surface area contributed by atoms with Gasteiger partial charge in [0.15, 0.2) is 0 Å². The molecule has 0 saturated carbocycles. The Labute approximate surface area is 197 Å². The minimum atomic E-state index is -0.356. The molecule has 1 aliphatic carbocycles. The van der Waals surface area contributed by atoms with Crippen molar-refractivity contribution in [2.45, 2.75) is 71.2 Å². The van der Waals surface area contributed by atoms with Gasteiger partial charge in [0.1, 0.15) is 16.1 Å². The van der Waals surface area contributed by atoms with Gasteiger partial charge in [-0.15, -0.1) is 23.1 Å². The molecule has 2 aromatic heterocycles. The fourth-order valence-corrected chi connectivity index (χ4v) is 6.15. The highest BCUT2D eigenvalue weighted by Gasteiger charge is 2.26. The number of esters is 1. The van der Waals surface area contributed by atoms with E-state index < -0.39 is 0 Å². The van der Waals surface area contributed by atoms with Crippen molar-refractivity contribution in [3.8, 4) is 6.07 Å². The third-order valence-corrected chi connectivity index (χ3v) is 7.98. The highest BCUT2D eigenvalue weighted by Crippen LogP contribution is 2.38. The van der Waals surface area contributed by atoms with Crippen molar-refractivity contribution in [3.63, 3.8) is 0 Å². The molecule has 0 saturated heterocycles. The molecule has 0 unspecified atom stereocenters. The number of hydrogen-bond donors (Lipinski definition) is 1. The summed E-state index contributed by atoms with van der Waals surface area (Å²) in [5.74, 6) is -0.0153. The van der Waals surface area contributed by atoms with Crippen LogP contribution in [-0.4, -0.2) is 29.2 Å². The molecular weight excluding hydrogens is 442 g/mol. The van der Waals surface area contributed by atoms with Crippen molar-refractivity contribution in [1.82, 2.24) is 4.98 Å². The lowest BCUT2D eigenvalue weighted by molar-refractivity contribution is -0.115. The first kappa shape index (κ1) is 24.3. The number of pyridine rings is 1. The number of thiophene rings is 1. The number of carbonyl (C=O) groups is 2. The van der Waals surface area contributed by atoms with Crippen molar-refractivity contribution in [1.29, 1.82) is 5.26 Å². The second kappa shape index (κ2) is 11.0. The largest absolute Gasteiger partial charge is 0.462 e. The minimum absolute atomic E-state index is 0.154. The number of hydrogen-bond acceptors (Lipinski definition) is 7. The number of ether oxygens (including phenoxy) is 1. The van der Waals surface area contributed by atoms with Crippen molar-refractivity contribution >= 4 is 40.0 Å². The van der Waals surface area contributed by atoms with E-state index in [2.05, 4.69) is 16.4 Å². The fourth-order valence-electron chi connectivity index (χ4n) is 3.83. The first-order chi connectivity index (χ1) is 15.4. The molecule has 32 heavy (non-hydrogen) atoms. The summed E-state index contributed by atoms with van der Waals surface area (Å²) in [7, 11) is 0. The number of aryl methyl sites for hydroxylation is 2. The number of nitriles is 1. The minimum Gasteiger partial charge on any atom is -0.462 e. The lowest BCUT2D eigenvalue weighted by Crippen LogP contribution is -2.15. The lowest BCUT2D eigenvalue weighted by Gasteiger charge is -2.11. The second-order valence-corrected chi connectivity index (χ2v) is 10.1. The summed E-state index contributed by atoms with van der Waals surface area (Å²) in [6.07, 6.45) is 5.34. The highest BCUT2D eigenvalue weighted by molar-refractivity contribution is 7.99. The van der Waals surface area contributed by atoms with E-state index in [1.54, 1.807) is 6.92 Å². The molecule has 170 valence electrons. The van der Waals surface area contributed by atoms with Crippen molar-refractivity contribution in [2.75, 3.05) is 17.7 Å². The number of rotatable bonds is 7. The van der Waals surface area contributed by atoms with Gasteiger partial charge in [-0.3, -0.25) is 4.79 Å². The van der Waals surface area contributed by atoms with Crippen LogP contribution < -0.4 is 5.32 Å². The molecule has 2 heterocycles. The van der Waals surface area contributed by atoms with Gasteiger partial charge in [-0.1, -0.05) is 6.42 Å². The summed E-state index contributed by atoms with van der Waals surface area (Å²) in [4.78, 5) is 31.1. The summed E-state index contributed by atoms with van der Waals surface area (Å²) >= 11 is 2.92. The third-order valence-electron chi connectivity index (χ3n) is 5.80. The van der Waals surface area contributed by atoms with Gasteiger partial charge in [0.25, 0.3) is 0 Å². The topological polar surface area (TPSA) is 92.1 Å². The van der Waals surface area contributed by atoms with E-state index in [-0.39, 0.29) is 18.3 Å². The SMILES string of the molecule is CCOC(=O)c1c(NC(=O)CCSc2nc(C)c(C)c(C)c2C#N)sc2c1CCCCC2. The standard InChI is InChI=1S/C24H29N3O3S2/c1-5-30-24(29)21-17-9-7-6-8-10-19(17)32-23(21)27-20(28)11-12-31-22-18(13-25)15(3)14(2)16(4)26-22/h5-12H2,1-4H3,(H,27,28). The first-order valence-electron chi connectivity index (χ1n) is 11.0. The van der Waals surface area contributed by atoms with E-state index >= 15 is 0 Å². The number of anilines is 1. The molecule has 1 aliphatic rings. The fraction of sp³-hybridized carbons (Fsp3) is 0.500. The van der Waals surface area contributed by atoms with Gasteiger partial charge < -0.3 is 10.1 Å².